The van der Waals surface area contributed by atoms with Gasteiger partial charge in [0.05, 0.1) is 23.4 Å². The molecule has 0 unspecified atom stereocenters. The number of hydrogen-bond donors (Lipinski definition) is 1. The van der Waals surface area contributed by atoms with Crippen LogP contribution in [0, 0.1) is 13.8 Å². The predicted octanol–water partition coefficient (Wildman–Crippen LogP) is 9.23. The molecule has 0 saturated heterocycles. The third-order valence-electron chi connectivity index (χ3n) is 4.43. The molecule has 0 spiro atoms. The van der Waals surface area contributed by atoms with Crippen molar-refractivity contribution in [2.24, 2.45) is 0 Å². The van der Waals surface area contributed by atoms with E-state index < -0.39 is 0 Å². The van der Waals surface area contributed by atoms with Gasteiger partial charge in [0.1, 0.15) is 5.76 Å². The molecule has 2 aromatic heterocycles. The van der Waals surface area contributed by atoms with Gasteiger partial charge in [0.2, 0.25) is 0 Å². The molecule has 0 radical (unpaired) electrons. The Hall–Kier alpha value is -1.74. The van der Waals surface area contributed by atoms with Crippen molar-refractivity contribution >= 4 is 17.0 Å². The zero-order valence-corrected chi connectivity index (χ0v) is 21.8. The largest absolute Gasteiger partial charge is 0.467 e. The van der Waals surface area contributed by atoms with E-state index in [9.17, 15) is 0 Å². The molecular formula is C27H45NOS. The first-order valence-electron chi connectivity index (χ1n) is 11.7. The van der Waals surface area contributed by atoms with E-state index in [1.54, 1.807) is 6.26 Å². The van der Waals surface area contributed by atoms with Crippen LogP contribution in [0.1, 0.15) is 101 Å². The van der Waals surface area contributed by atoms with Gasteiger partial charge in [-0.15, -0.1) is 11.3 Å². The van der Waals surface area contributed by atoms with E-state index in [-0.39, 0.29) is 0 Å². The highest BCUT2D eigenvalue weighted by atomic mass is 32.1. The number of aryl methyl sites for hydroxylation is 1. The van der Waals surface area contributed by atoms with Gasteiger partial charge in [0.15, 0.2) is 0 Å². The predicted molar refractivity (Wildman–Crippen MR) is 137 cm³/mol. The standard InChI is InChI=1S/C22H31NOS.C3H8.C2H6/c1-6-8-11-16(3)14-20(23-15-19-12-9-13-24-19)22-18(5)17(4)21(25-22)10-7-2;1-3-2;1-2/h9,11-14,23H,6-8,10,15H2,1-5H3;3H2,1-2H3;1-2H3/b16-11+,20-14+;;. The number of furan rings is 1. The van der Waals surface area contributed by atoms with E-state index in [2.05, 4.69) is 65.9 Å². The fraction of sp³-hybridized carbons (Fsp3) is 0.556. The minimum Gasteiger partial charge on any atom is -0.467 e. The van der Waals surface area contributed by atoms with Crippen LogP contribution >= 0.6 is 11.3 Å². The van der Waals surface area contributed by atoms with Crippen LogP contribution in [0.25, 0.3) is 5.70 Å². The van der Waals surface area contributed by atoms with Crippen LogP contribution in [0.4, 0.5) is 0 Å². The zero-order chi connectivity index (χ0) is 22.9. The number of thiophene rings is 1. The third-order valence-corrected chi connectivity index (χ3v) is 5.92. The smallest absolute Gasteiger partial charge is 0.122 e. The SMILES string of the molecule is CC.CCC.CCC/C=C(C)/C=C(/NCc1ccco1)c1sc(CCC)c(C)c1C. The molecule has 0 aliphatic rings. The van der Waals surface area contributed by atoms with Crippen LogP contribution in [0.3, 0.4) is 0 Å². The molecular weight excluding hydrogens is 386 g/mol. The summed E-state index contributed by atoms with van der Waals surface area (Å²) in [5, 5.41) is 3.61. The molecule has 0 bridgehead atoms. The van der Waals surface area contributed by atoms with E-state index in [4.69, 9.17) is 4.42 Å². The van der Waals surface area contributed by atoms with Crippen molar-refractivity contribution in [3.8, 4) is 0 Å². The molecule has 0 amide bonds. The summed E-state index contributed by atoms with van der Waals surface area (Å²) >= 11 is 1.93. The molecule has 0 aliphatic carbocycles. The Morgan fingerprint density at radius 1 is 1.07 bits per heavy atom. The summed E-state index contributed by atoms with van der Waals surface area (Å²) in [6.07, 6.45) is 12.2. The highest BCUT2D eigenvalue weighted by molar-refractivity contribution is 7.13. The van der Waals surface area contributed by atoms with Crippen LogP contribution in [-0.2, 0) is 13.0 Å². The molecule has 2 heterocycles. The van der Waals surface area contributed by atoms with Crippen molar-refractivity contribution in [1.82, 2.24) is 5.32 Å². The van der Waals surface area contributed by atoms with Crippen molar-refractivity contribution in [3.63, 3.8) is 0 Å². The number of allylic oxidation sites excluding steroid dienone is 3. The van der Waals surface area contributed by atoms with Gasteiger partial charge in [-0.05, 0) is 62.9 Å². The maximum absolute atomic E-state index is 5.49. The molecule has 2 rings (SSSR count). The summed E-state index contributed by atoms with van der Waals surface area (Å²) < 4.78 is 5.49. The maximum atomic E-state index is 5.49. The zero-order valence-electron chi connectivity index (χ0n) is 20.9. The monoisotopic (exact) mass is 431 g/mol. The highest BCUT2D eigenvalue weighted by Gasteiger charge is 2.15. The molecule has 30 heavy (non-hydrogen) atoms. The molecule has 0 aromatic carbocycles. The lowest BCUT2D eigenvalue weighted by Crippen LogP contribution is -2.11. The van der Waals surface area contributed by atoms with Crippen LogP contribution in [0.15, 0.2) is 40.5 Å². The lowest BCUT2D eigenvalue weighted by Gasteiger charge is -2.11. The first kappa shape index (κ1) is 28.3. The molecule has 0 fully saturated rings. The van der Waals surface area contributed by atoms with Crippen LogP contribution in [0.5, 0.6) is 0 Å². The number of rotatable bonds is 9. The molecule has 2 aromatic rings. The van der Waals surface area contributed by atoms with Gasteiger partial charge < -0.3 is 9.73 Å². The first-order valence-corrected chi connectivity index (χ1v) is 12.5. The summed E-state index contributed by atoms with van der Waals surface area (Å²) in [6.45, 7) is 20.1. The first-order chi connectivity index (χ1) is 14.5. The van der Waals surface area contributed by atoms with Gasteiger partial charge in [-0.3, -0.25) is 0 Å². The van der Waals surface area contributed by atoms with Gasteiger partial charge >= 0.3 is 0 Å². The Labute approximate surface area is 190 Å². The molecule has 2 nitrogen and oxygen atoms in total. The summed E-state index contributed by atoms with van der Waals surface area (Å²) in [6, 6.07) is 3.95. The summed E-state index contributed by atoms with van der Waals surface area (Å²) in [5.74, 6) is 0.959. The second-order valence-corrected chi connectivity index (χ2v) is 8.39. The normalized spacial score (nSPS) is 11.4. The summed E-state index contributed by atoms with van der Waals surface area (Å²) in [4.78, 5) is 2.87. The Morgan fingerprint density at radius 2 is 1.73 bits per heavy atom. The minimum atomic E-state index is 0.708. The molecule has 3 heteroatoms. The summed E-state index contributed by atoms with van der Waals surface area (Å²) in [5.41, 5.74) is 5.36. The van der Waals surface area contributed by atoms with E-state index in [0.29, 0.717) is 6.54 Å². The van der Waals surface area contributed by atoms with Gasteiger partial charge in [-0.1, -0.05) is 72.5 Å². The van der Waals surface area contributed by atoms with Crippen LogP contribution in [0.2, 0.25) is 0 Å². The lowest BCUT2D eigenvalue weighted by atomic mass is 10.1. The van der Waals surface area contributed by atoms with Gasteiger partial charge in [-0.25, -0.2) is 0 Å². The minimum absolute atomic E-state index is 0.708. The Morgan fingerprint density at radius 3 is 2.27 bits per heavy atom. The lowest BCUT2D eigenvalue weighted by molar-refractivity contribution is 0.501. The van der Waals surface area contributed by atoms with Gasteiger partial charge in [0.25, 0.3) is 0 Å². The molecule has 170 valence electrons. The molecule has 0 saturated carbocycles. The van der Waals surface area contributed by atoms with E-state index in [0.717, 1.165) is 18.6 Å². The van der Waals surface area contributed by atoms with Crippen molar-refractivity contribution in [1.29, 1.82) is 0 Å². The third kappa shape index (κ3) is 9.84. The van der Waals surface area contributed by atoms with Crippen molar-refractivity contribution in [2.45, 2.75) is 101 Å². The average molecular weight is 432 g/mol. The fourth-order valence-corrected chi connectivity index (χ4v) is 4.24. The van der Waals surface area contributed by atoms with E-state index >= 15 is 0 Å². The number of nitrogens with one attached hydrogen (secondary N) is 1. The van der Waals surface area contributed by atoms with Crippen molar-refractivity contribution in [2.75, 3.05) is 0 Å². The Balaban J connectivity index is 0.00000154. The van der Waals surface area contributed by atoms with E-state index in [1.165, 1.54) is 51.4 Å². The van der Waals surface area contributed by atoms with E-state index in [1.807, 2.05) is 37.3 Å². The highest BCUT2D eigenvalue weighted by Crippen LogP contribution is 2.33. The fourth-order valence-electron chi connectivity index (χ4n) is 2.83. The topological polar surface area (TPSA) is 25.2 Å². The molecule has 1 N–H and O–H groups in total. The quantitative estimate of drug-likeness (QED) is 0.400. The Bertz CT molecular complexity index is 735. The second kappa shape index (κ2) is 17.0. The van der Waals surface area contributed by atoms with Gasteiger partial charge in [0, 0.05) is 4.88 Å². The van der Waals surface area contributed by atoms with Crippen molar-refractivity contribution in [3.05, 3.63) is 62.8 Å². The summed E-state index contributed by atoms with van der Waals surface area (Å²) in [7, 11) is 0. The number of hydrogen-bond acceptors (Lipinski definition) is 3. The molecule has 0 aliphatic heterocycles. The van der Waals surface area contributed by atoms with Gasteiger partial charge in [-0.2, -0.15) is 0 Å². The average Bonchev–Trinajstić information content (AvgIpc) is 3.36. The van der Waals surface area contributed by atoms with Crippen LogP contribution < -0.4 is 5.32 Å². The second-order valence-electron chi connectivity index (χ2n) is 7.29. The maximum Gasteiger partial charge on any atom is 0.122 e. The van der Waals surface area contributed by atoms with Crippen LogP contribution in [-0.4, -0.2) is 0 Å². The molecule has 0 atom stereocenters. The number of unbranched alkanes of at least 4 members (excludes halogenated alkanes) is 1. The Kier molecular flexibility index (Phi) is 16.0. The van der Waals surface area contributed by atoms with Crippen molar-refractivity contribution < 1.29 is 4.42 Å².